The molecule has 6 nitrogen and oxygen atoms in total. The summed E-state index contributed by atoms with van der Waals surface area (Å²) in [6.07, 6.45) is 2.07. The molecule has 3 rings (SSSR count). The second-order valence-electron chi connectivity index (χ2n) is 5.32. The minimum absolute atomic E-state index is 0.116. The van der Waals surface area contributed by atoms with Crippen molar-refractivity contribution in [1.82, 2.24) is 15.6 Å². The highest BCUT2D eigenvalue weighted by Gasteiger charge is 2.29. The van der Waals surface area contributed by atoms with E-state index in [-0.39, 0.29) is 18.2 Å². The van der Waals surface area contributed by atoms with Crippen molar-refractivity contribution in [3.05, 3.63) is 36.0 Å². The van der Waals surface area contributed by atoms with Gasteiger partial charge in [-0.1, -0.05) is 18.2 Å². The number of amides is 1. The van der Waals surface area contributed by atoms with Crippen molar-refractivity contribution in [2.24, 2.45) is 5.92 Å². The topological polar surface area (TPSA) is 94.2 Å². The predicted molar refractivity (Wildman–Crippen MR) is 77.9 cm³/mol. The number of fused-ring (bicyclic) bond motifs is 1. The third-order valence-corrected chi connectivity index (χ3v) is 3.87. The Kier molecular flexibility index (Phi) is 3.62. The first-order valence-corrected chi connectivity index (χ1v) is 6.94. The number of carboxylic acids is 1. The number of aliphatic carboxylic acids is 1. The fourth-order valence-corrected chi connectivity index (χ4v) is 2.48. The van der Waals surface area contributed by atoms with Gasteiger partial charge in [-0.25, -0.2) is 4.79 Å². The molecule has 4 N–H and O–H groups in total. The molecule has 1 aromatic carbocycles. The minimum atomic E-state index is -1.01. The molecule has 0 bridgehead atoms. The number of H-pyrrole nitrogens is 1. The lowest BCUT2D eigenvalue weighted by Gasteiger charge is -2.27. The Labute approximate surface area is 121 Å². The van der Waals surface area contributed by atoms with Crippen LogP contribution in [0.5, 0.6) is 0 Å². The van der Waals surface area contributed by atoms with Gasteiger partial charge in [0, 0.05) is 36.6 Å². The van der Waals surface area contributed by atoms with Crippen molar-refractivity contribution in [1.29, 1.82) is 0 Å². The van der Waals surface area contributed by atoms with Crippen molar-refractivity contribution in [3.63, 3.8) is 0 Å². The van der Waals surface area contributed by atoms with E-state index in [4.69, 9.17) is 0 Å². The minimum Gasteiger partial charge on any atom is -0.480 e. The number of aromatic amines is 1. The van der Waals surface area contributed by atoms with Crippen LogP contribution in [0.15, 0.2) is 30.5 Å². The first-order chi connectivity index (χ1) is 10.1. The Balaban J connectivity index is 1.75. The number of hydrogen-bond acceptors (Lipinski definition) is 3. The second kappa shape index (κ2) is 5.57. The highest BCUT2D eigenvalue weighted by Crippen LogP contribution is 2.19. The van der Waals surface area contributed by atoms with E-state index in [9.17, 15) is 14.7 Å². The fraction of sp³-hybridized carbons (Fsp3) is 0.333. The first kappa shape index (κ1) is 13.6. The Hall–Kier alpha value is -2.34. The Bertz CT molecular complexity index is 676. The zero-order valence-electron chi connectivity index (χ0n) is 11.4. The molecule has 110 valence electrons. The van der Waals surface area contributed by atoms with Crippen LogP contribution in [0.4, 0.5) is 0 Å². The molecule has 0 radical (unpaired) electrons. The summed E-state index contributed by atoms with van der Waals surface area (Å²) >= 11 is 0. The molecule has 0 aliphatic carbocycles. The third kappa shape index (κ3) is 2.75. The second-order valence-corrected chi connectivity index (χ2v) is 5.32. The summed E-state index contributed by atoms with van der Waals surface area (Å²) in [6, 6.07) is 6.80. The van der Waals surface area contributed by atoms with Crippen LogP contribution >= 0.6 is 0 Å². The van der Waals surface area contributed by atoms with Gasteiger partial charge in [-0.15, -0.1) is 0 Å². The maximum atomic E-state index is 11.9. The first-order valence-electron chi connectivity index (χ1n) is 6.94. The molecule has 1 saturated heterocycles. The summed E-state index contributed by atoms with van der Waals surface area (Å²) in [5.41, 5.74) is 1.86. The van der Waals surface area contributed by atoms with Crippen LogP contribution in [0.25, 0.3) is 10.9 Å². The van der Waals surface area contributed by atoms with Crippen LogP contribution in [-0.4, -0.2) is 41.1 Å². The average Bonchev–Trinajstić information content (AvgIpc) is 2.79. The molecule has 0 spiro atoms. The van der Waals surface area contributed by atoms with Crippen LogP contribution < -0.4 is 10.6 Å². The summed E-state index contributed by atoms with van der Waals surface area (Å²) in [5.74, 6) is -1.32. The van der Waals surface area contributed by atoms with Gasteiger partial charge in [-0.3, -0.25) is 4.79 Å². The van der Waals surface area contributed by atoms with Crippen LogP contribution in [-0.2, 0) is 16.0 Å². The van der Waals surface area contributed by atoms with Crippen molar-refractivity contribution in [2.75, 3.05) is 13.1 Å². The van der Waals surface area contributed by atoms with Crippen LogP contribution in [0.3, 0.4) is 0 Å². The zero-order valence-corrected chi connectivity index (χ0v) is 11.4. The van der Waals surface area contributed by atoms with Gasteiger partial charge in [-0.2, -0.15) is 0 Å². The van der Waals surface area contributed by atoms with E-state index in [2.05, 4.69) is 15.6 Å². The van der Waals surface area contributed by atoms with E-state index in [1.807, 2.05) is 24.3 Å². The average molecular weight is 287 g/mol. The third-order valence-electron chi connectivity index (χ3n) is 3.87. The van der Waals surface area contributed by atoms with Crippen molar-refractivity contribution >= 4 is 22.8 Å². The Morgan fingerprint density at radius 1 is 1.33 bits per heavy atom. The lowest BCUT2D eigenvalue weighted by Crippen LogP contribution is -2.54. The molecular weight excluding hydrogens is 270 g/mol. The maximum Gasteiger partial charge on any atom is 0.326 e. The van der Waals surface area contributed by atoms with E-state index >= 15 is 0 Å². The molecular formula is C15H17N3O3. The van der Waals surface area contributed by atoms with Crippen LogP contribution in [0.1, 0.15) is 5.56 Å². The number of rotatable bonds is 5. The number of hydrogen-bond donors (Lipinski definition) is 4. The van der Waals surface area contributed by atoms with Gasteiger partial charge in [0.2, 0.25) is 5.91 Å². The number of benzene rings is 1. The van der Waals surface area contributed by atoms with E-state index in [0.717, 1.165) is 16.5 Å². The lowest BCUT2D eigenvalue weighted by molar-refractivity contribution is -0.142. The Morgan fingerprint density at radius 2 is 2.10 bits per heavy atom. The van der Waals surface area contributed by atoms with Gasteiger partial charge in [0.1, 0.15) is 6.04 Å². The Morgan fingerprint density at radius 3 is 2.76 bits per heavy atom. The number of nitrogens with one attached hydrogen (secondary N) is 3. The van der Waals surface area contributed by atoms with Gasteiger partial charge in [-0.05, 0) is 11.6 Å². The molecule has 1 aliphatic rings. The van der Waals surface area contributed by atoms with E-state index in [1.54, 1.807) is 6.20 Å². The smallest absolute Gasteiger partial charge is 0.326 e. The summed E-state index contributed by atoms with van der Waals surface area (Å²) in [6.45, 7) is 1.23. The largest absolute Gasteiger partial charge is 0.480 e. The maximum absolute atomic E-state index is 11.9. The SMILES string of the molecule is O=C(NC(Cc1c[nH]c2ccccc12)C(=O)O)C1CNC1. The van der Waals surface area contributed by atoms with E-state index in [1.165, 1.54) is 0 Å². The number of carbonyl (C=O) groups excluding carboxylic acids is 1. The normalized spacial score (nSPS) is 16.4. The highest BCUT2D eigenvalue weighted by atomic mass is 16.4. The van der Waals surface area contributed by atoms with E-state index in [0.29, 0.717) is 13.1 Å². The molecule has 0 saturated carbocycles. The number of para-hydroxylation sites is 1. The molecule has 1 fully saturated rings. The molecule has 1 atom stereocenters. The molecule has 1 aliphatic heterocycles. The van der Waals surface area contributed by atoms with Gasteiger partial charge < -0.3 is 20.7 Å². The number of carboxylic acid groups (broad SMARTS) is 1. The molecule has 1 amide bonds. The summed E-state index contributed by atoms with van der Waals surface area (Å²) in [4.78, 5) is 26.4. The molecule has 21 heavy (non-hydrogen) atoms. The van der Waals surface area contributed by atoms with E-state index < -0.39 is 12.0 Å². The number of aromatic nitrogens is 1. The van der Waals surface area contributed by atoms with Crippen LogP contribution in [0, 0.1) is 5.92 Å². The standard InChI is InChI=1S/C15H17N3O3/c19-14(10-6-16-7-10)18-13(15(20)21)5-9-8-17-12-4-2-1-3-11(9)12/h1-4,8,10,13,16-17H,5-7H2,(H,18,19)(H,20,21). The summed E-state index contributed by atoms with van der Waals surface area (Å²) < 4.78 is 0. The van der Waals surface area contributed by atoms with Gasteiger partial charge in [0.05, 0.1) is 5.92 Å². The van der Waals surface area contributed by atoms with Gasteiger partial charge in [0.25, 0.3) is 0 Å². The molecule has 2 aromatic rings. The molecule has 6 heteroatoms. The molecule has 1 unspecified atom stereocenters. The monoisotopic (exact) mass is 287 g/mol. The number of carbonyl (C=O) groups is 2. The van der Waals surface area contributed by atoms with Crippen molar-refractivity contribution < 1.29 is 14.7 Å². The van der Waals surface area contributed by atoms with Crippen molar-refractivity contribution in [2.45, 2.75) is 12.5 Å². The van der Waals surface area contributed by atoms with Crippen molar-refractivity contribution in [3.8, 4) is 0 Å². The quantitative estimate of drug-likeness (QED) is 0.644. The molecule has 1 aromatic heterocycles. The summed E-state index contributed by atoms with van der Waals surface area (Å²) in [5, 5.41) is 15.9. The molecule has 2 heterocycles. The zero-order chi connectivity index (χ0) is 14.8. The lowest BCUT2D eigenvalue weighted by atomic mass is 10.0. The van der Waals surface area contributed by atoms with Gasteiger partial charge in [0.15, 0.2) is 0 Å². The fourth-order valence-electron chi connectivity index (χ4n) is 2.48. The summed E-state index contributed by atoms with van der Waals surface area (Å²) in [7, 11) is 0. The van der Waals surface area contributed by atoms with Crippen LogP contribution in [0.2, 0.25) is 0 Å². The highest BCUT2D eigenvalue weighted by molar-refractivity contribution is 5.87. The van der Waals surface area contributed by atoms with Gasteiger partial charge >= 0.3 is 5.97 Å². The predicted octanol–water partition coefficient (Wildman–Crippen LogP) is 0.499.